The highest BCUT2D eigenvalue weighted by molar-refractivity contribution is 8.01. The lowest BCUT2D eigenvalue weighted by atomic mass is 9.92. The summed E-state index contributed by atoms with van der Waals surface area (Å²) in [5.74, 6) is 1.98. The van der Waals surface area contributed by atoms with Gasteiger partial charge in [0, 0.05) is 13.1 Å². The van der Waals surface area contributed by atoms with Crippen molar-refractivity contribution in [1.82, 2.24) is 9.88 Å². The molecule has 0 aliphatic carbocycles. The first-order valence-electron chi connectivity index (χ1n) is 7.38. The molecule has 0 bridgehead atoms. The number of carbonyl (C=O) groups is 1. The average molecular weight is 320 g/mol. The molecule has 1 amide bonds. The maximum Gasteiger partial charge on any atom is 0.233 e. The second-order valence-electron chi connectivity index (χ2n) is 5.98. The molecular formula is C16H20N2OS2. The van der Waals surface area contributed by atoms with E-state index in [0.29, 0.717) is 17.6 Å². The zero-order valence-electron chi connectivity index (χ0n) is 12.4. The van der Waals surface area contributed by atoms with Gasteiger partial charge in [0.25, 0.3) is 0 Å². The molecule has 3 nitrogen and oxygen atoms in total. The number of aromatic nitrogens is 1. The molecule has 1 aliphatic heterocycles. The number of rotatable bonds is 3. The third-order valence-corrected chi connectivity index (χ3v) is 5.98. The molecule has 5 heteroatoms. The molecule has 2 heterocycles. The van der Waals surface area contributed by atoms with Gasteiger partial charge in [0.05, 0.1) is 16.0 Å². The predicted octanol–water partition coefficient (Wildman–Crippen LogP) is 3.89. The number of thioether (sulfide) groups is 1. The Kier molecular flexibility index (Phi) is 4.50. The number of thiazole rings is 1. The molecule has 112 valence electrons. The zero-order valence-corrected chi connectivity index (χ0v) is 14.0. The molecule has 1 saturated heterocycles. The van der Waals surface area contributed by atoms with Crippen LogP contribution in [0.15, 0.2) is 28.6 Å². The van der Waals surface area contributed by atoms with Crippen LogP contribution in [0.3, 0.4) is 0 Å². The van der Waals surface area contributed by atoms with E-state index < -0.39 is 0 Å². The SMILES string of the molecule is C[C@@H]1C[C@@H](C)CN(C(=O)CSc2nc3ccccc3s2)C1. The fourth-order valence-corrected chi connectivity index (χ4v) is 4.97. The molecule has 0 saturated carbocycles. The maximum atomic E-state index is 12.4. The van der Waals surface area contributed by atoms with Crippen LogP contribution in [-0.2, 0) is 4.79 Å². The standard InChI is InChI=1S/C16H20N2OS2/c1-11-7-12(2)9-18(8-11)15(19)10-20-16-17-13-5-3-4-6-14(13)21-16/h3-6,11-12H,7-10H2,1-2H3/t11-,12-/m1/s1. The number of benzene rings is 1. The van der Waals surface area contributed by atoms with Gasteiger partial charge in [-0.3, -0.25) is 4.79 Å². The van der Waals surface area contributed by atoms with Crippen molar-refractivity contribution in [2.45, 2.75) is 24.6 Å². The first kappa shape index (κ1) is 14.9. The van der Waals surface area contributed by atoms with Crippen molar-refractivity contribution in [1.29, 1.82) is 0 Å². The van der Waals surface area contributed by atoms with Crippen molar-refractivity contribution in [3.05, 3.63) is 24.3 Å². The minimum atomic E-state index is 0.248. The van der Waals surface area contributed by atoms with Gasteiger partial charge in [-0.15, -0.1) is 11.3 Å². The van der Waals surface area contributed by atoms with Gasteiger partial charge in [-0.25, -0.2) is 4.98 Å². The largest absolute Gasteiger partial charge is 0.341 e. The van der Waals surface area contributed by atoms with E-state index in [1.165, 1.54) is 11.1 Å². The van der Waals surface area contributed by atoms with Crippen LogP contribution >= 0.6 is 23.1 Å². The fourth-order valence-electron chi connectivity index (χ4n) is 2.99. The number of hydrogen-bond acceptors (Lipinski definition) is 4. The highest BCUT2D eigenvalue weighted by Gasteiger charge is 2.25. The summed E-state index contributed by atoms with van der Waals surface area (Å²) in [6.07, 6.45) is 1.23. The van der Waals surface area contributed by atoms with Crippen molar-refractivity contribution in [2.24, 2.45) is 11.8 Å². The van der Waals surface area contributed by atoms with E-state index in [0.717, 1.165) is 22.9 Å². The molecule has 3 rings (SSSR count). The highest BCUT2D eigenvalue weighted by Crippen LogP contribution is 2.30. The Morgan fingerprint density at radius 3 is 2.76 bits per heavy atom. The van der Waals surface area contributed by atoms with E-state index in [4.69, 9.17) is 0 Å². The highest BCUT2D eigenvalue weighted by atomic mass is 32.2. The molecule has 0 radical (unpaired) electrons. The number of nitrogens with zero attached hydrogens (tertiary/aromatic N) is 2. The third-order valence-electron chi connectivity index (χ3n) is 3.81. The lowest BCUT2D eigenvalue weighted by molar-refractivity contribution is -0.130. The molecule has 1 aromatic heterocycles. The van der Waals surface area contributed by atoms with Crippen molar-refractivity contribution >= 4 is 39.2 Å². The lowest BCUT2D eigenvalue weighted by Crippen LogP contribution is -2.43. The Morgan fingerprint density at radius 1 is 1.33 bits per heavy atom. The molecule has 0 spiro atoms. The Balaban J connectivity index is 1.60. The maximum absolute atomic E-state index is 12.4. The minimum absolute atomic E-state index is 0.248. The molecule has 0 N–H and O–H groups in total. The number of para-hydroxylation sites is 1. The number of carbonyl (C=O) groups excluding carboxylic acids is 1. The van der Waals surface area contributed by atoms with E-state index >= 15 is 0 Å². The van der Waals surface area contributed by atoms with Crippen LogP contribution in [0, 0.1) is 11.8 Å². The van der Waals surface area contributed by atoms with Gasteiger partial charge in [-0.05, 0) is 30.4 Å². The Bertz CT molecular complexity index is 597. The topological polar surface area (TPSA) is 33.2 Å². The van der Waals surface area contributed by atoms with Crippen molar-refractivity contribution in [2.75, 3.05) is 18.8 Å². The second-order valence-corrected chi connectivity index (χ2v) is 8.23. The van der Waals surface area contributed by atoms with E-state index in [-0.39, 0.29) is 5.91 Å². The summed E-state index contributed by atoms with van der Waals surface area (Å²) in [7, 11) is 0. The summed E-state index contributed by atoms with van der Waals surface area (Å²) in [6, 6.07) is 8.12. The number of fused-ring (bicyclic) bond motifs is 1. The van der Waals surface area contributed by atoms with Crippen LogP contribution in [0.25, 0.3) is 10.2 Å². The van der Waals surface area contributed by atoms with Gasteiger partial charge < -0.3 is 4.90 Å². The minimum Gasteiger partial charge on any atom is -0.341 e. The Hall–Kier alpha value is -1.07. The summed E-state index contributed by atoms with van der Waals surface area (Å²) in [6.45, 7) is 6.28. The molecule has 2 aromatic rings. The van der Waals surface area contributed by atoms with Gasteiger partial charge in [0.15, 0.2) is 4.34 Å². The molecular weight excluding hydrogens is 300 g/mol. The molecule has 21 heavy (non-hydrogen) atoms. The quantitative estimate of drug-likeness (QED) is 0.804. The normalized spacial score (nSPS) is 22.7. The summed E-state index contributed by atoms with van der Waals surface area (Å²) in [5.41, 5.74) is 1.03. The molecule has 2 atom stereocenters. The van der Waals surface area contributed by atoms with E-state index in [1.807, 2.05) is 23.1 Å². The van der Waals surface area contributed by atoms with Gasteiger partial charge in [0.2, 0.25) is 5.91 Å². The van der Waals surface area contributed by atoms with Gasteiger partial charge >= 0.3 is 0 Å². The summed E-state index contributed by atoms with van der Waals surface area (Å²) in [5, 5.41) is 0. The van der Waals surface area contributed by atoms with Gasteiger partial charge in [-0.2, -0.15) is 0 Å². The molecule has 0 unspecified atom stereocenters. The number of hydrogen-bond donors (Lipinski definition) is 0. The van der Waals surface area contributed by atoms with Crippen LogP contribution in [0.4, 0.5) is 0 Å². The Labute approximate surface area is 133 Å². The number of likely N-dealkylation sites (tertiary alicyclic amines) is 1. The summed E-state index contributed by atoms with van der Waals surface area (Å²) in [4.78, 5) is 19.0. The fraction of sp³-hybridized carbons (Fsp3) is 0.500. The first-order valence-corrected chi connectivity index (χ1v) is 9.18. The third kappa shape index (κ3) is 3.58. The van der Waals surface area contributed by atoms with Gasteiger partial charge in [-0.1, -0.05) is 37.7 Å². The van der Waals surface area contributed by atoms with Crippen LogP contribution in [-0.4, -0.2) is 34.6 Å². The monoisotopic (exact) mass is 320 g/mol. The van der Waals surface area contributed by atoms with Crippen molar-refractivity contribution < 1.29 is 4.79 Å². The van der Waals surface area contributed by atoms with Crippen LogP contribution < -0.4 is 0 Å². The second kappa shape index (κ2) is 6.36. The molecule has 1 fully saturated rings. The van der Waals surface area contributed by atoms with Crippen molar-refractivity contribution in [3.8, 4) is 0 Å². The van der Waals surface area contributed by atoms with E-state index in [9.17, 15) is 4.79 Å². The first-order chi connectivity index (χ1) is 10.1. The molecule has 1 aromatic carbocycles. The van der Waals surface area contributed by atoms with Crippen LogP contribution in [0.5, 0.6) is 0 Å². The number of amides is 1. The summed E-state index contributed by atoms with van der Waals surface area (Å²) < 4.78 is 2.18. The predicted molar refractivity (Wildman–Crippen MR) is 89.9 cm³/mol. The zero-order chi connectivity index (χ0) is 14.8. The Morgan fingerprint density at radius 2 is 2.05 bits per heavy atom. The van der Waals surface area contributed by atoms with Crippen LogP contribution in [0.2, 0.25) is 0 Å². The number of piperidine rings is 1. The van der Waals surface area contributed by atoms with Gasteiger partial charge in [0.1, 0.15) is 0 Å². The average Bonchev–Trinajstić information content (AvgIpc) is 2.86. The summed E-state index contributed by atoms with van der Waals surface area (Å²) >= 11 is 3.23. The smallest absolute Gasteiger partial charge is 0.233 e. The lowest BCUT2D eigenvalue weighted by Gasteiger charge is -2.34. The van der Waals surface area contributed by atoms with E-state index in [1.54, 1.807) is 23.1 Å². The van der Waals surface area contributed by atoms with Crippen molar-refractivity contribution in [3.63, 3.8) is 0 Å². The molecule has 1 aliphatic rings. The van der Waals surface area contributed by atoms with E-state index in [2.05, 4.69) is 24.9 Å². The van der Waals surface area contributed by atoms with Crippen LogP contribution in [0.1, 0.15) is 20.3 Å².